The molecule has 0 amide bonds. The summed E-state index contributed by atoms with van der Waals surface area (Å²) in [4.78, 5) is 11.9. The van der Waals surface area contributed by atoms with E-state index in [1.807, 2.05) is 6.92 Å². The highest BCUT2D eigenvalue weighted by Gasteiger charge is 2.31. The van der Waals surface area contributed by atoms with E-state index < -0.39 is 0 Å². The quantitative estimate of drug-likeness (QED) is 0.629. The van der Waals surface area contributed by atoms with Gasteiger partial charge >= 0.3 is 0 Å². The molecule has 0 saturated heterocycles. The molecule has 1 nitrogen and oxygen atoms in total. The summed E-state index contributed by atoms with van der Waals surface area (Å²) in [7, 11) is 0. The first-order chi connectivity index (χ1) is 7.18. The fraction of sp³-hybridized carbons (Fsp3) is 0.500. The van der Waals surface area contributed by atoms with Crippen molar-refractivity contribution in [3.8, 4) is 0 Å². The second kappa shape index (κ2) is 2.94. The second-order valence-corrected chi connectivity index (χ2v) is 4.99. The van der Waals surface area contributed by atoms with Crippen LogP contribution in [0.1, 0.15) is 46.0 Å². The molecule has 2 aliphatic carbocycles. The molecule has 1 aromatic rings. The predicted molar refractivity (Wildman–Crippen MR) is 60.4 cm³/mol. The van der Waals surface area contributed by atoms with E-state index >= 15 is 0 Å². The molecule has 1 heteroatoms. The Balaban J connectivity index is 2.25. The number of Topliss-reactive ketones (excluding diaryl/α,β-unsaturated/α-hetero) is 1. The zero-order valence-electron chi connectivity index (χ0n) is 9.39. The normalized spacial score (nSPS) is 23.1. The van der Waals surface area contributed by atoms with Crippen molar-refractivity contribution in [2.45, 2.75) is 39.5 Å². The summed E-state index contributed by atoms with van der Waals surface area (Å²) in [5.74, 6) is 0.573. The van der Waals surface area contributed by atoms with Crippen molar-refractivity contribution in [3.63, 3.8) is 0 Å². The van der Waals surface area contributed by atoms with Gasteiger partial charge in [-0.3, -0.25) is 4.79 Å². The van der Waals surface area contributed by atoms with Crippen molar-refractivity contribution in [1.82, 2.24) is 0 Å². The average Bonchev–Trinajstić information content (AvgIpc) is 2.77. The Bertz CT molecular complexity index is 457. The van der Waals surface area contributed by atoms with E-state index in [4.69, 9.17) is 0 Å². The molecule has 0 aliphatic heterocycles. The number of hydrogen-bond acceptors (Lipinski definition) is 1. The highest BCUT2D eigenvalue weighted by molar-refractivity contribution is 6.02. The summed E-state index contributed by atoms with van der Waals surface area (Å²) in [5, 5.41) is 0. The van der Waals surface area contributed by atoms with E-state index in [0.717, 1.165) is 12.0 Å². The molecule has 3 rings (SSSR count). The van der Waals surface area contributed by atoms with Gasteiger partial charge in [0.1, 0.15) is 0 Å². The number of hydrogen-bond donors (Lipinski definition) is 0. The predicted octanol–water partition coefficient (Wildman–Crippen LogP) is 2.86. The van der Waals surface area contributed by atoms with Crippen molar-refractivity contribution in [2.75, 3.05) is 0 Å². The van der Waals surface area contributed by atoms with Gasteiger partial charge in [-0.05, 0) is 60.9 Å². The smallest absolute Gasteiger partial charge is 0.166 e. The SMILES string of the molecule is Cc1c2c(cc3c1CC(C)C3=O)CCC2. The molecular formula is C14H16O. The Morgan fingerprint density at radius 1 is 1.27 bits per heavy atom. The highest BCUT2D eigenvalue weighted by Crippen LogP contribution is 2.36. The minimum atomic E-state index is 0.209. The Labute approximate surface area is 90.5 Å². The molecule has 0 spiro atoms. The van der Waals surface area contributed by atoms with E-state index in [2.05, 4.69) is 13.0 Å². The van der Waals surface area contributed by atoms with Crippen LogP contribution < -0.4 is 0 Å². The zero-order valence-corrected chi connectivity index (χ0v) is 9.39. The zero-order chi connectivity index (χ0) is 10.6. The standard InChI is InChI=1S/C14H16O/c1-8-6-12-9(2)11-5-3-4-10(11)7-13(12)14(8)15/h7-8H,3-6H2,1-2H3. The summed E-state index contributed by atoms with van der Waals surface area (Å²) in [5.41, 5.74) is 6.76. The van der Waals surface area contributed by atoms with Crippen LogP contribution in [0.3, 0.4) is 0 Å². The molecule has 0 heterocycles. The van der Waals surface area contributed by atoms with E-state index in [-0.39, 0.29) is 5.92 Å². The van der Waals surface area contributed by atoms with Gasteiger partial charge in [0.15, 0.2) is 5.78 Å². The van der Waals surface area contributed by atoms with E-state index in [0.29, 0.717) is 5.78 Å². The molecule has 0 saturated carbocycles. The van der Waals surface area contributed by atoms with Gasteiger partial charge in [-0.2, -0.15) is 0 Å². The van der Waals surface area contributed by atoms with Crippen LogP contribution in [0.5, 0.6) is 0 Å². The van der Waals surface area contributed by atoms with Crippen molar-refractivity contribution in [2.24, 2.45) is 5.92 Å². The fourth-order valence-electron chi connectivity index (χ4n) is 3.15. The molecule has 78 valence electrons. The van der Waals surface area contributed by atoms with Crippen LogP contribution in [0.15, 0.2) is 6.07 Å². The summed E-state index contributed by atoms with van der Waals surface area (Å²) in [6, 6.07) is 2.18. The molecule has 0 bridgehead atoms. The topological polar surface area (TPSA) is 17.1 Å². The highest BCUT2D eigenvalue weighted by atomic mass is 16.1. The molecule has 0 fully saturated rings. The Kier molecular flexibility index (Phi) is 1.79. The molecule has 0 aromatic heterocycles. The lowest BCUT2D eigenvalue weighted by Gasteiger charge is -2.09. The number of aryl methyl sites for hydroxylation is 1. The molecule has 2 aliphatic rings. The molecular weight excluding hydrogens is 184 g/mol. The first-order valence-corrected chi connectivity index (χ1v) is 5.87. The minimum absolute atomic E-state index is 0.209. The number of carbonyl (C=O) groups excluding carboxylic acids is 1. The summed E-state index contributed by atoms with van der Waals surface area (Å²) >= 11 is 0. The van der Waals surface area contributed by atoms with Crippen LogP contribution in [0.25, 0.3) is 0 Å². The Morgan fingerprint density at radius 2 is 2.07 bits per heavy atom. The van der Waals surface area contributed by atoms with Gasteiger partial charge in [0.2, 0.25) is 0 Å². The number of carbonyl (C=O) groups is 1. The third-order valence-corrected chi connectivity index (χ3v) is 4.03. The lowest BCUT2D eigenvalue weighted by Crippen LogP contribution is -2.03. The van der Waals surface area contributed by atoms with Gasteiger partial charge in [0, 0.05) is 11.5 Å². The summed E-state index contributed by atoms with van der Waals surface area (Å²) < 4.78 is 0. The molecule has 1 atom stereocenters. The van der Waals surface area contributed by atoms with Crippen LogP contribution >= 0.6 is 0 Å². The molecule has 1 aromatic carbocycles. The van der Waals surface area contributed by atoms with Gasteiger partial charge in [-0.1, -0.05) is 6.92 Å². The second-order valence-electron chi connectivity index (χ2n) is 4.99. The lowest BCUT2D eigenvalue weighted by molar-refractivity contribution is 0.0946. The molecule has 15 heavy (non-hydrogen) atoms. The minimum Gasteiger partial charge on any atom is -0.294 e. The Morgan fingerprint density at radius 3 is 2.87 bits per heavy atom. The van der Waals surface area contributed by atoms with Crippen LogP contribution in [0.2, 0.25) is 0 Å². The van der Waals surface area contributed by atoms with Crippen molar-refractivity contribution < 1.29 is 4.79 Å². The maximum atomic E-state index is 11.9. The van der Waals surface area contributed by atoms with Crippen molar-refractivity contribution >= 4 is 5.78 Å². The third kappa shape index (κ3) is 1.12. The van der Waals surface area contributed by atoms with E-state index in [1.165, 1.54) is 41.5 Å². The van der Waals surface area contributed by atoms with Crippen LogP contribution in [0.4, 0.5) is 0 Å². The lowest BCUT2D eigenvalue weighted by atomic mass is 9.95. The van der Waals surface area contributed by atoms with Gasteiger partial charge in [0.05, 0.1) is 0 Å². The number of fused-ring (bicyclic) bond motifs is 2. The maximum Gasteiger partial charge on any atom is 0.166 e. The first kappa shape index (κ1) is 9.14. The largest absolute Gasteiger partial charge is 0.294 e. The van der Waals surface area contributed by atoms with Gasteiger partial charge in [0.25, 0.3) is 0 Å². The van der Waals surface area contributed by atoms with Crippen LogP contribution in [-0.2, 0) is 19.3 Å². The maximum absolute atomic E-state index is 11.9. The molecule has 0 radical (unpaired) electrons. The molecule has 0 N–H and O–H groups in total. The van der Waals surface area contributed by atoms with Gasteiger partial charge in [-0.15, -0.1) is 0 Å². The fourth-order valence-corrected chi connectivity index (χ4v) is 3.15. The summed E-state index contributed by atoms with van der Waals surface area (Å²) in [6.45, 7) is 4.25. The summed E-state index contributed by atoms with van der Waals surface area (Å²) in [6.07, 6.45) is 4.62. The van der Waals surface area contributed by atoms with E-state index in [1.54, 1.807) is 0 Å². The van der Waals surface area contributed by atoms with Crippen molar-refractivity contribution in [3.05, 3.63) is 33.9 Å². The number of benzene rings is 1. The van der Waals surface area contributed by atoms with Crippen LogP contribution in [0, 0.1) is 12.8 Å². The van der Waals surface area contributed by atoms with Gasteiger partial charge in [-0.25, -0.2) is 0 Å². The monoisotopic (exact) mass is 200 g/mol. The third-order valence-electron chi connectivity index (χ3n) is 4.03. The van der Waals surface area contributed by atoms with Crippen molar-refractivity contribution in [1.29, 1.82) is 0 Å². The van der Waals surface area contributed by atoms with E-state index in [9.17, 15) is 4.79 Å². The first-order valence-electron chi connectivity index (χ1n) is 5.87. The number of rotatable bonds is 0. The average molecular weight is 200 g/mol. The number of ketones is 1. The Hall–Kier alpha value is -1.11. The molecule has 1 unspecified atom stereocenters. The van der Waals surface area contributed by atoms with Crippen LogP contribution in [-0.4, -0.2) is 5.78 Å². The van der Waals surface area contributed by atoms with Gasteiger partial charge < -0.3 is 0 Å².